The molecular formula is C21H21N3O2. The van der Waals surface area contributed by atoms with Crippen molar-refractivity contribution in [3.05, 3.63) is 84.2 Å². The number of nitrogens with one attached hydrogen (secondary N) is 1. The van der Waals surface area contributed by atoms with Gasteiger partial charge >= 0.3 is 0 Å². The van der Waals surface area contributed by atoms with Crippen LogP contribution in [0.25, 0.3) is 5.69 Å². The van der Waals surface area contributed by atoms with Crippen LogP contribution in [-0.2, 0) is 11.2 Å². The average Bonchev–Trinajstić information content (AvgIpc) is 3.16. The molecule has 0 saturated carbocycles. The van der Waals surface area contributed by atoms with Gasteiger partial charge in [-0.2, -0.15) is 0 Å². The maximum Gasteiger partial charge on any atom is 0.253 e. The van der Waals surface area contributed by atoms with Crippen molar-refractivity contribution in [2.24, 2.45) is 0 Å². The van der Waals surface area contributed by atoms with Gasteiger partial charge in [-0.1, -0.05) is 18.2 Å². The van der Waals surface area contributed by atoms with E-state index < -0.39 is 0 Å². The van der Waals surface area contributed by atoms with E-state index in [1.165, 1.54) is 4.90 Å². The highest BCUT2D eigenvalue weighted by Gasteiger charge is 2.10. The van der Waals surface area contributed by atoms with Crippen LogP contribution in [0.15, 0.2) is 73.1 Å². The average molecular weight is 347 g/mol. The maximum atomic E-state index is 12.3. The van der Waals surface area contributed by atoms with Crippen molar-refractivity contribution in [3.63, 3.8) is 0 Å². The number of hydrogen-bond donors (Lipinski definition) is 1. The topological polar surface area (TPSA) is 54.3 Å². The molecule has 3 aromatic rings. The Kier molecular flexibility index (Phi) is 5.17. The van der Waals surface area contributed by atoms with Crippen LogP contribution in [0.5, 0.6) is 0 Å². The fourth-order valence-electron chi connectivity index (χ4n) is 2.67. The standard InChI is InChI=1S/C21H21N3O2/c1-23(2)21(26)17-6-5-7-18(15-17)22-20(25)14-16-8-10-19(11-9-16)24-12-3-4-13-24/h3-13,15H,14H2,1-2H3,(H,22,25). The third-order valence-electron chi connectivity index (χ3n) is 4.00. The third kappa shape index (κ3) is 4.19. The largest absolute Gasteiger partial charge is 0.345 e. The number of rotatable bonds is 5. The molecule has 0 radical (unpaired) electrons. The summed E-state index contributed by atoms with van der Waals surface area (Å²) in [5, 5.41) is 2.85. The summed E-state index contributed by atoms with van der Waals surface area (Å²) in [4.78, 5) is 25.8. The van der Waals surface area contributed by atoms with Crippen LogP contribution in [-0.4, -0.2) is 35.4 Å². The molecule has 0 aliphatic carbocycles. The van der Waals surface area contributed by atoms with Crippen LogP contribution in [0, 0.1) is 0 Å². The van der Waals surface area contributed by atoms with Crippen molar-refractivity contribution < 1.29 is 9.59 Å². The Labute approximate surface area is 152 Å². The van der Waals surface area contributed by atoms with E-state index in [2.05, 4.69) is 5.32 Å². The lowest BCUT2D eigenvalue weighted by Crippen LogP contribution is -2.22. The van der Waals surface area contributed by atoms with Crippen molar-refractivity contribution >= 4 is 17.5 Å². The van der Waals surface area contributed by atoms with Crippen LogP contribution in [0.2, 0.25) is 0 Å². The summed E-state index contributed by atoms with van der Waals surface area (Å²) in [6.45, 7) is 0. The zero-order chi connectivity index (χ0) is 18.5. The van der Waals surface area contributed by atoms with Gasteiger partial charge in [-0.05, 0) is 48.0 Å². The number of nitrogens with zero attached hydrogens (tertiary/aromatic N) is 2. The van der Waals surface area contributed by atoms with Gasteiger partial charge < -0.3 is 14.8 Å². The van der Waals surface area contributed by atoms with Crippen LogP contribution in [0.1, 0.15) is 15.9 Å². The van der Waals surface area contributed by atoms with E-state index in [9.17, 15) is 9.59 Å². The fourth-order valence-corrected chi connectivity index (χ4v) is 2.67. The van der Waals surface area contributed by atoms with Crippen LogP contribution in [0.3, 0.4) is 0 Å². The maximum absolute atomic E-state index is 12.3. The van der Waals surface area contributed by atoms with Gasteiger partial charge in [-0.3, -0.25) is 9.59 Å². The van der Waals surface area contributed by atoms with Gasteiger partial charge in [-0.15, -0.1) is 0 Å². The molecule has 3 rings (SSSR count). The molecule has 2 aromatic carbocycles. The highest BCUT2D eigenvalue weighted by molar-refractivity contribution is 5.97. The third-order valence-corrected chi connectivity index (χ3v) is 4.00. The zero-order valence-electron chi connectivity index (χ0n) is 14.8. The smallest absolute Gasteiger partial charge is 0.253 e. The number of hydrogen-bond acceptors (Lipinski definition) is 2. The minimum Gasteiger partial charge on any atom is -0.345 e. The summed E-state index contributed by atoms with van der Waals surface area (Å²) in [7, 11) is 3.40. The number of carbonyl (C=O) groups is 2. The van der Waals surface area contributed by atoms with Crippen LogP contribution < -0.4 is 5.32 Å². The Bertz CT molecular complexity index is 897. The highest BCUT2D eigenvalue weighted by Crippen LogP contribution is 2.14. The van der Waals surface area contributed by atoms with Gasteiger partial charge in [0.25, 0.3) is 5.91 Å². The molecule has 1 N–H and O–H groups in total. The molecule has 0 bridgehead atoms. The van der Waals surface area contributed by atoms with Crippen molar-refractivity contribution in [3.8, 4) is 5.69 Å². The molecule has 2 amide bonds. The summed E-state index contributed by atoms with van der Waals surface area (Å²) in [5.41, 5.74) is 3.14. The Hall–Kier alpha value is -3.34. The zero-order valence-corrected chi connectivity index (χ0v) is 14.8. The van der Waals surface area contributed by atoms with E-state index in [-0.39, 0.29) is 18.2 Å². The van der Waals surface area contributed by atoms with E-state index in [1.807, 2.05) is 53.4 Å². The Balaban J connectivity index is 1.64. The molecule has 1 heterocycles. The minimum absolute atomic E-state index is 0.0956. The molecule has 26 heavy (non-hydrogen) atoms. The second kappa shape index (κ2) is 7.70. The summed E-state index contributed by atoms with van der Waals surface area (Å²) >= 11 is 0. The van der Waals surface area contributed by atoms with E-state index in [1.54, 1.807) is 38.4 Å². The quantitative estimate of drug-likeness (QED) is 0.769. The van der Waals surface area contributed by atoms with Gasteiger partial charge in [-0.25, -0.2) is 0 Å². The lowest BCUT2D eigenvalue weighted by atomic mass is 10.1. The molecule has 5 nitrogen and oxygen atoms in total. The molecule has 0 atom stereocenters. The van der Waals surface area contributed by atoms with Gasteiger partial charge in [0, 0.05) is 43.4 Å². The van der Waals surface area contributed by atoms with E-state index in [0.29, 0.717) is 11.3 Å². The summed E-state index contributed by atoms with van der Waals surface area (Å²) < 4.78 is 2.01. The van der Waals surface area contributed by atoms with E-state index in [0.717, 1.165) is 11.3 Å². The monoisotopic (exact) mass is 347 g/mol. The predicted molar refractivity (Wildman–Crippen MR) is 103 cm³/mol. The predicted octanol–water partition coefficient (Wildman–Crippen LogP) is 3.36. The van der Waals surface area contributed by atoms with Crippen LogP contribution in [0.4, 0.5) is 5.69 Å². The number of carbonyl (C=O) groups excluding carboxylic acids is 2. The molecule has 0 fully saturated rings. The van der Waals surface area contributed by atoms with Gasteiger partial charge in [0.1, 0.15) is 0 Å². The van der Waals surface area contributed by atoms with Gasteiger partial charge in [0.2, 0.25) is 5.91 Å². The molecule has 0 unspecified atom stereocenters. The van der Waals surface area contributed by atoms with Crippen LogP contribution >= 0.6 is 0 Å². The normalized spacial score (nSPS) is 10.4. The SMILES string of the molecule is CN(C)C(=O)c1cccc(NC(=O)Cc2ccc(-n3cccc3)cc2)c1. The van der Waals surface area contributed by atoms with Crippen molar-refractivity contribution in [2.45, 2.75) is 6.42 Å². The lowest BCUT2D eigenvalue weighted by Gasteiger charge is -2.12. The van der Waals surface area contributed by atoms with E-state index >= 15 is 0 Å². The first-order valence-corrected chi connectivity index (χ1v) is 8.37. The molecule has 0 aliphatic heterocycles. The number of amides is 2. The summed E-state index contributed by atoms with van der Waals surface area (Å²) in [6.07, 6.45) is 4.23. The molecule has 1 aromatic heterocycles. The first-order chi connectivity index (χ1) is 12.5. The molecule has 5 heteroatoms. The van der Waals surface area contributed by atoms with Crippen molar-refractivity contribution in [1.82, 2.24) is 9.47 Å². The van der Waals surface area contributed by atoms with Crippen molar-refractivity contribution in [1.29, 1.82) is 0 Å². The number of aromatic nitrogens is 1. The van der Waals surface area contributed by atoms with Gasteiger partial charge in [0.05, 0.1) is 6.42 Å². The molecule has 0 spiro atoms. The van der Waals surface area contributed by atoms with E-state index in [4.69, 9.17) is 0 Å². The Morgan fingerprint density at radius 1 is 0.962 bits per heavy atom. The number of anilines is 1. The first-order valence-electron chi connectivity index (χ1n) is 8.37. The number of benzene rings is 2. The second-order valence-corrected chi connectivity index (χ2v) is 6.26. The summed E-state index contributed by atoms with van der Waals surface area (Å²) in [6, 6.07) is 18.8. The molecule has 132 valence electrons. The lowest BCUT2D eigenvalue weighted by molar-refractivity contribution is -0.115. The highest BCUT2D eigenvalue weighted by atomic mass is 16.2. The fraction of sp³-hybridized carbons (Fsp3) is 0.143. The molecular weight excluding hydrogens is 326 g/mol. The summed E-state index contributed by atoms with van der Waals surface area (Å²) in [5.74, 6) is -0.213. The molecule has 0 saturated heterocycles. The second-order valence-electron chi connectivity index (χ2n) is 6.26. The minimum atomic E-state index is -0.117. The van der Waals surface area contributed by atoms with Crippen molar-refractivity contribution in [2.75, 3.05) is 19.4 Å². The first kappa shape index (κ1) is 17.5. The van der Waals surface area contributed by atoms with Gasteiger partial charge in [0.15, 0.2) is 0 Å². The molecule has 0 aliphatic rings. The Morgan fingerprint density at radius 2 is 1.65 bits per heavy atom. The Morgan fingerprint density at radius 3 is 2.31 bits per heavy atom.